The molecule has 0 spiro atoms. The Hall–Kier alpha value is -4.86. The third kappa shape index (κ3) is 8.66. The maximum absolute atomic E-state index is 12.7. The summed E-state index contributed by atoms with van der Waals surface area (Å²) in [6, 6.07) is 19.8. The van der Waals surface area contributed by atoms with Crippen LogP contribution in [0.4, 0.5) is 11.4 Å². The second kappa shape index (κ2) is 14.0. The first-order valence-corrected chi connectivity index (χ1v) is 11.7. The molecule has 0 aromatic heterocycles. The molecule has 0 aliphatic carbocycles. The molecule has 3 aromatic rings. The Bertz CT molecular complexity index is 1180. The number of nitrogens with one attached hydrogen (secondary N) is 2. The van der Waals surface area contributed by atoms with Crippen LogP contribution in [0.1, 0.15) is 33.6 Å². The molecule has 0 radical (unpaired) electrons. The fourth-order valence-corrected chi connectivity index (χ4v) is 3.22. The van der Waals surface area contributed by atoms with E-state index in [0.29, 0.717) is 34.0 Å². The van der Waals surface area contributed by atoms with Crippen LogP contribution in [0.2, 0.25) is 0 Å². The van der Waals surface area contributed by atoms with E-state index in [1.165, 1.54) is 14.2 Å². The number of anilines is 2. The number of benzene rings is 3. The van der Waals surface area contributed by atoms with Gasteiger partial charge in [-0.2, -0.15) is 0 Å². The Labute approximate surface area is 219 Å². The van der Waals surface area contributed by atoms with Crippen LogP contribution in [-0.2, 0) is 19.1 Å². The predicted octanol–water partition coefficient (Wildman–Crippen LogP) is 4.08. The van der Waals surface area contributed by atoms with E-state index >= 15 is 0 Å². The summed E-state index contributed by atoms with van der Waals surface area (Å²) in [7, 11) is 2.62. The molecule has 0 bridgehead atoms. The molecule has 3 aromatic carbocycles. The third-order valence-electron chi connectivity index (χ3n) is 5.20. The molecule has 0 aliphatic rings. The molecule has 0 atom stereocenters. The van der Waals surface area contributed by atoms with Crippen molar-refractivity contribution in [3.8, 4) is 11.5 Å². The van der Waals surface area contributed by atoms with Crippen molar-refractivity contribution in [2.75, 3.05) is 38.1 Å². The molecule has 3 rings (SSSR count). The van der Waals surface area contributed by atoms with Crippen LogP contribution >= 0.6 is 0 Å². The molecular formula is C28H28N2O8. The zero-order valence-electron chi connectivity index (χ0n) is 21.0. The van der Waals surface area contributed by atoms with Gasteiger partial charge >= 0.3 is 11.9 Å². The molecule has 0 aliphatic heterocycles. The summed E-state index contributed by atoms with van der Waals surface area (Å²) in [5.41, 5.74) is 1.75. The number of rotatable bonds is 12. The second-order valence-electron chi connectivity index (χ2n) is 7.89. The number of carbonyl (C=O) groups excluding carboxylic acids is 4. The van der Waals surface area contributed by atoms with Crippen molar-refractivity contribution in [1.82, 2.24) is 0 Å². The van der Waals surface area contributed by atoms with Crippen LogP contribution in [-0.4, -0.2) is 51.2 Å². The topological polar surface area (TPSA) is 129 Å². The van der Waals surface area contributed by atoms with Crippen molar-refractivity contribution >= 4 is 35.1 Å². The van der Waals surface area contributed by atoms with Crippen LogP contribution in [0.25, 0.3) is 0 Å². The van der Waals surface area contributed by atoms with Crippen LogP contribution in [0.15, 0.2) is 72.8 Å². The lowest BCUT2D eigenvalue weighted by Gasteiger charge is -2.10. The van der Waals surface area contributed by atoms with E-state index in [9.17, 15) is 19.2 Å². The molecular weight excluding hydrogens is 492 g/mol. The quantitative estimate of drug-likeness (QED) is 0.342. The van der Waals surface area contributed by atoms with E-state index in [1.54, 1.807) is 72.8 Å². The zero-order valence-corrected chi connectivity index (χ0v) is 21.0. The fraction of sp³-hybridized carbons (Fsp3) is 0.214. The number of amides is 2. The highest BCUT2D eigenvalue weighted by atomic mass is 16.5. The van der Waals surface area contributed by atoms with E-state index in [1.807, 2.05) is 0 Å². The van der Waals surface area contributed by atoms with Gasteiger partial charge in [0.1, 0.15) is 11.5 Å². The van der Waals surface area contributed by atoms with E-state index in [-0.39, 0.29) is 49.8 Å². The molecule has 38 heavy (non-hydrogen) atoms. The highest BCUT2D eigenvalue weighted by Gasteiger charge is 2.11. The van der Waals surface area contributed by atoms with Crippen molar-refractivity contribution in [2.24, 2.45) is 0 Å². The van der Waals surface area contributed by atoms with Crippen molar-refractivity contribution in [3.63, 3.8) is 0 Å². The summed E-state index contributed by atoms with van der Waals surface area (Å²) in [6.45, 7) is 0.306. The summed E-state index contributed by atoms with van der Waals surface area (Å²) in [5.74, 6) is -0.475. The van der Waals surface area contributed by atoms with Crippen molar-refractivity contribution < 1.29 is 38.1 Å². The fourth-order valence-electron chi connectivity index (χ4n) is 3.22. The van der Waals surface area contributed by atoms with Gasteiger partial charge in [0.15, 0.2) is 0 Å². The Kier molecular flexibility index (Phi) is 10.2. The van der Waals surface area contributed by atoms with E-state index < -0.39 is 0 Å². The highest BCUT2D eigenvalue weighted by molar-refractivity contribution is 6.07. The largest absolute Gasteiger partial charge is 0.493 e. The van der Waals surface area contributed by atoms with Gasteiger partial charge in [0.05, 0.1) is 40.3 Å². The first-order valence-electron chi connectivity index (χ1n) is 11.7. The summed E-state index contributed by atoms with van der Waals surface area (Å²) >= 11 is 0. The maximum Gasteiger partial charge on any atom is 0.308 e. The van der Waals surface area contributed by atoms with Gasteiger partial charge in [-0.05, 0) is 48.5 Å². The van der Waals surface area contributed by atoms with Gasteiger partial charge in [-0.3, -0.25) is 19.2 Å². The Morgan fingerprint density at radius 2 is 1.00 bits per heavy atom. The molecule has 0 heterocycles. The molecule has 198 valence electrons. The van der Waals surface area contributed by atoms with Gasteiger partial charge in [0.25, 0.3) is 11.8 Å². The normalized spacial score (nSPS) is 10.2. The zero-order chi connectivity index (χ0) is 27.3. The first-order chi connectivity index (χ1) is 18.4. The van der Waals surface area contributed by atoms with Gasteiger partial charge in [0.2, 0.25) is 0 Å². The van der Waals surface area contributed by atoms with Gasteiger partial charge < -0.3 is 29.6 Å². The van der Waals surface area contributed by atoms with Gasteiger partial charge in [-0.1, -0.05) is 12.1 Å². The minimum atomic E-state index is -0.374. The van der Waals surface area contributed by atoms with Gasteiger partial charge in [0, 0.05) is 34.6 Å². The molecule has 2 N–H and O–H groups in total. The molecule has 0 unspecified atom stereocenters. The number of esters is 2. The standard InChI is InChI=1S/C28H28N2O8/c1-35-25(31)13-15-37-23-7-3-5-21(17-23)29-27(33)19-9-11-20(12-10-19)28(34)30-22-6-4-8-24(18-22)38-16-14-26(32)36-2/h3-12,17-18H,13-16H2,1-2H3,(H,29,33)(H,30,34). The molecule has 0 fully saturated rings. The molecule has 0 saturated carbocycles. The number of ether oxygens (including phenoxy) is 4. The van der Waals surface area contributed by atoms with Crippen LogP contribution in [0.5, 0.6) is 11.5 Å². The maximum atomic E-state index is 12.7. The smallest absolute Gasteiger partial charge is 0.308 e. The minimum Gasteiger partial charge on any atom is -0.493 e. The molecule has 10 nitrogen and oxygen atoms in total. The number of methoxy groups -OCH3 is 2. The minimum absolute atomic E-state index is 0.114. The van der Waals surface area contributed by atoms with Gasteiger partial charge in [-0.15, -0.1) is 0 Å². The van der Waals surface area contributed by atoms with E-state index in [4.69, 9.17) is 9.47 Å². The summed E-state index contributed by atoms with van der Waals surface area (Å²) in [6.07, 6.45) is 0.229. The second-order valence-corrected chi connectivity index (χ2v) is 7.89. The lowest BCUT2D eigenvalue weighted by atomic mass is 10.1. The Balaban J connectivity index is 1.54. The number of hydrogen-bond acceptors (Lipinski definition) is 8. The summed E-state index contributed by atoms with van der Waals surface area (Å²) < 4.78 is 20.2. The Morgan fingerprint density at radius 3 is 1.37 bits per heavy atom. The number of hydrogen-bond donors (Lipinski definition) is 2. The molecule has 2 amide bonds. The van der Waals surface area contributed by atoms with E-state index in [2.05, 4.69) is 20.1 Å². The average molecular weight is 521 g/mol. The predicted molar refractivity (Wildman–Crippen MR) is 139 cm³/mol. The highest BCUT2D eigenvalue weighted by Crippen LogP contribution is 2.20. The Morgan fingerprint density at radius 1 is 0.605 bits per heavy atom. The lowest BCUT2D eigenvalue weighted by Crippen LogP contribution is -2.14. The molecule has 0 saturated heterocycles. The van der Waals surface area contributed by atoms with Gasteiger partial charge in [-0.25, -0.2) is 0 Å². The lowest BCUT2D eigenvalue weighted by molar-refractivity contribution is -0.142. The van der Waals surface area contributed by atoms with Crippen LogP contribution < -0.4 is 20.1 Å². The van der Waals surface area contributed by atoms with Crippen molar-refractivity contribution in [2.45, 2.75) is 12.8 Å². The average Bonchev–Trinajstić information content (AvgIpc) is 2.93. The van der Waals surface area contributed by atoms with E-state index in [0.717, 1.165) is 0 Å². The summed E-state index contributed by atoms with van der Waals surface area (Å²) in [5, 5.41) is 5.55. The number of carbonyl (C=O) groups is 4. The third-order valence-corrected chi connectivity index (χ3v) is 5.20. The molecule has 10 heteroatoms. The summed E-state index contributed by atoms with van der Waals surface area (Å²) in [4.78, 5) is 47.7. The van der Waals surface area contributed by atoms with Crippen LogP contribution in [0, 0.1) is 0 Å². The SMILES string of the molecule is COC(=O)CCOc1cccc(NC(=O)c2ccc(C(=O)Nc3cccc(OCCC(=O)OC)c3)cc2)c1. The van der Waals surface area contributed by atoms with Crippen molar-refractivity contribution in [3.05, 3.63) is 83.9 Å². The van der Waals surface area contributed by atoms with Crippen molar-refractivity contribution in [1.29, 1.82) is 0 Å². The van der Waals surface area contributed by atoms with Crippen LogP contribution in [0.3, 0.4) is 0 Å². The monoisotopic (exact) mass is 520 g/mol. The first kappa shape index (κ1) is 27.7.